The molecule has 0 spiro atoms. The lowest BCUT2D eigenvalue weighted by molar-refractivity contribution is -0.137. The Morgan fingerprint density at radius 3 is 2.56 bits per heavy atom. The molecule has 1 N–H and O–H groups in total. The highest BCUT2D eigenvalue weighted by Gasteiger charge is 2.23. The number of piperazine rings is 1. The molecule has 1 saturated heterocycles. The molecule has 1 aromatic heterocycles. The number of carbonyl (C=O) groups is 2. The molecule has 0 unspecified atom stereocenters. The number of halogens is 1. The average molecular weight is 405 g/mol. The maximum Gasteiger partial charge on any atom is 0.246 e. The Morgan fingerprint density at radius 1 is 1.22 bits per heavy atom. The van der Waals surface area contributed by atoms with Gasteiger partial charge in [-0.3, -0.25) is 9.59 Å². The van der Waals surface area contributed by atoms with Crippen molar-refractivity contribution in [2.75, 3.05) is 26.2 Å². The average Bonchev–Trinajstić information content (AvgIpc) is 3.21. The first-order valence-corrected chi connectivity index (χ1v) is 9.99. The SMILES string of the molecule is C=CC(=O)N1CCN(C(=O)CCc2cc(-c3cccs3)c(Cl)cc2O)CC1. The summed E-state index contributed by atoms with van der Waals surface area (Å²) in [5.74, 6) is 0.0246. The molecule has 0 radical (unpaired) electrons. The smallest absolute Gasteiger partial charge is 0.246 e. The van der Waals surface area contributed by atoms with Crippen molar-refractivity contribution in [3.05, 3.63) is 52.9 Å². The number of hydrogen-bond acceptors (Lipinski definition) is 4. The molecular weight excluding hydrogens is 384 g/mol. The zero-order valence-corrected chi connectivity index (χ0v) is 16.4. The van der Waals surface area contributed by atoms with Gasteiger partial charge in [-0.1, -0.05) is 24.2 Å². The molecule has 5 nitrogen and oxygen atoms in total. The number of rotatable bonds is 5. The lowest BCUT2D eigenvalue weighted by atomic mass is 10.0. The second-order valence-corrected chi connectivity index (χ2v) is 7.70. The second kappa shape index (κ2) is 8.59. The third-order valence-corrected chi connectivity index (χ3v) is 5.90. The van der Waals surface area contributed by atoms with E-state index in [9.17, 15) is 14.7 Å². The van der Waals surface area contributed by atoms with Gasteiger partial charge in [-0.15, -0.1) is 11.3 Å². The van der Waals surface area contributed by atoms with Gasteiger partial charge < -0.3 is 14.9 Å². The first-order chi connectivity index (χ1) is 13.0. The summed E-state index contributed by atoms with van der Waals surface area (Å²) in [7, 11) is 0. The molecule has 2 aromatic rings. The van der Waals surface area contributed by atoms with Crippen LogP contribution in [-0.4, -0.2) is 52.9 Å². The molecule has 0 atom stereocenters. The van der Waals surface area contributed by atoms with E-state index in [1.807, 2.05) is 23.6 Å². The van der Waals surface area contributed by atoms with E-state index < -0.39 is 0 Å². The van der Waals surface area contributed by atoms with Crippen molar-refractivity contribution in [2.45, 2.75) is 12.8 Å². The Kier molecular flexibility index (Phi) is 6.19. The van der Waals surface area contributed by atoms with E-state index in [0.29, 0.717) is 49.6 Å². The summed E-state index contributed by atoms with van der Waals surface area (Å²) >= 11 is 7.84. The largest absolute Gasteiger partial charge is 0.508 e. The summed E-state index contributed by atoms with van der Waals surface area (Å²) in [5, 5.41) is 12.7. The predicted octanol–water partition coefficient (Wildman–Crippen LogP) is 3.56. The molecule has 2 amide bonds. The molecule has 1 fully saturated rings. The number of hydrogen-bond donors (Lipinski definition) is 1. The van der Waals surface area contributed by atoms with Crippen LogP contribution >= 0.6 is 22.9 Å². The molecule has 1 aliphatic rings. The van der Waals surface area contributed by atoms with E-state index in [1.54, 1.807) is 21.1 Å². The minimum Gasteiger partial charge on any atom is -0.508 e. The molecule has 0 bridgehead atoms. The predicted molar refractivity (Wildman–Crippen MR) is 108 cm³/mol. The van der Waals surface area contributed by atoms with Gasteiger partial charge in [0.05, 0.1) is 5.02 Å². The third kappa shape index (κ3) is 4.51. The molecule has 1 aromatic carbocycles. The van der Waals surface area contributed by atoms with Crippen molar-refractivity contribution in [2.24, 2.45) is 0 Å². The highest BCUT2D eigenvalue weighted by Crippen LogP contribution is 2.36. The fourth-order valence-corrected chi connectivity index (χ4v) is 4.21. The van der Waals surface area contributed by atoms with Gasteiger partial charge in [0, 0.05) is 43.0 Å². The topological polar surface area (TPSA) is 60.9 Å². The van der Waals surface area contributed by atoms with Crippen LogP contribution in [0.4, 0.5) is 0 Å². The number of phenolic OH excluding ortho intramolecular Hbond substituents is 1. The summed E-state index contributed by atoms with van der Waals surface area (Å²) in [4.78, 5) is 28.6. The van der Waals surface area contributed by atoms with Gasteiger partial charge >= 0.3 is 0 Å². The van der Waals surface area contributed by atoms with Crippen molar-refractivity contribution < 1.29 is 14.7 Å². The Hall–Kier alpha value is -2.31. The number of amides is 2. The van der Waals surface area contributed by atoms with Crippen LogP contribution in [0.15, 0.2) is 42.3 Å². The summed E-state index contributed by atoms with van der Waals surface area (Å²) in [6.07, 6.45) is 2.03. The van der Waals surface area contributed by atoms with Gasteiger partial charge in [-0.25, -0.2) is 0 Å². The normalized spacial score (nSPS) is 14.3. The molecule has 2 heterocycles. The molecule has 3 rings (SSSR count). The van der Waals surface area contributed by atoms with Gasteiger partial charge in [0.25, 0.3) is 0 Å². The molecule has 7 heteroatoms. The number of phenols is 1. The van der Waals surface area contributed by atoms with Gasteiger partial charge in [0.15, 0.2) is 0 Å². The lowest BCUT2D eigenvalue weighted by Crippen LogP contribution is -2.50. The number of aromatic hydroxyl groups is 1. The van der Waals surface area contributed by atoms with E-state index in [0.717, 1.165) is 10.4 Å². The van der Waals surface area contributed by atoms with Crippen molar-refractivity contribution in [1.82, 2.24) is 9.80 Å². The summed E-state index contributed by atoms with van der Waals surface area (Å²) < 4.78 is 0. The Bertz CT molecular complexity index is 843. The maximum atomic E-state index is 12.5. The van der Waals surface area contributed by atoms with Gasteiger partial charge in [0.1, 0.15) is 5.75 Å². The minimum absolute atomic E-state index is 0.0210. The van der Waals surface area contributed by atoms with Crippen LogP contribution in [0, 0.1) is 0 Å². The Labute approximate surface area is 167 Å². The second-order valence-electron chi connectivity index (χ2n) is 6.35. The number of benzene rings is 1. The van der Waals surface area contributed by atoms with Gasteiger partial charge in [-0.05, 0) is 41.6 Å². The quantitative estimate of drug-likeness (QED) is 0.775. The number of aryl methyl sites for hydroxylation is 1. The van der Waals surface area contributed by atoms with E-state index >= 15 is 0 Å². The van der Waals surface area contributed by atoms with Gasteiger partial charge in [-0.2, -0.15) is 0 Å². The zero-order valence-electron chi connectivity index (χ0n) is 14.9. The van der Waals surface area contributed by atoms with Crippen molar-refractivity contribution in [3.63, 3.8) is 0 Å². The van der Waals surface area contributed by atoms with E-state index in [4.69, 9.17) is 11.6 Å². The molecule has 27 heavy (non-hydrogen) atoms. The van der Waals surface area contributed by atoms with Crippen LogP contribution in [0.3, 0.4) is 0 Å². The number of thiophene rings is 1. The van der Waals surface area contributed by atoms with Gasteiger partial charge in [0.2, 0.25) is 11.8 Å². The monoisotopic (exact) mass is 404 g/mol. The van der Waals surface area contributed by atoms with E-state index in [1.165, 1.54) is 12.1 Å². The first kappa shape index (κ1) is 19.5. The fourth-order valence-electron chi connectivity index (χ4n) is 3.13. The van der Waals surface area contributed by atoms with Crippen LogP contribution in [0.5, 0.6) is 5.75 Å². The Morgan fingerprint density at radius 2 is 1.93 bits per heavy atom. The van der Waals surface area contributed by atoms with Crippen LogP contribution < -0.4 is 0 Å². The van der Waals surface area contributed by atoms with Crippen molar-refractivity contribution in [3.8, 4) is 16.2 Å². The summed E-state index contributed by atoms with van der Waals surface area (Å²) in [6.45, 7) is 5.57. The lowest BCUT2D eigenvalue weighted by Gasteiger charge is -2.34. The maximum absolute atomic E-state index is 12.5. The van der Waals surface area contributed by atoms with Crippen LogP contribution in [0.25, 0.3) is 10.4 Å². The van der Waals surface area contributed by atoms with Crippen LogP contribution in [0.1, 0.15) is 12.0 Å². The fraction of sp³-hybridized carbons (Fsp3) is 0.300. The van der Waals surface area contributed by atoms with Crippen molar-refractivity contribution >= 4 is 34.8 Å². The third-order valence-electron chi connectivity index (χ3n) is 4.68. The highest BCUT2D eigenvalue weighted by molar-refractivity contribution is 7.13. The Balaban J connectivity index is 1.62. The molecule has 1 aliphatic heterocycles. The zero-order chi connectivity index (χ0) is 19.4. The standard InChI is InChI=1S/C20H21ClN2O3S/c1-2-19(25)22-7-9-23(10-8-22)20(26)6-5-14-12-15(16(21)13-17(14)24)18-4-3-11-27-18/h2-4,11-13,24H,1,5-10H2. The van der Waals surface area contributed by atoms with Crippen molar-refractivity contribution in [1.29, 1.82) is 0 Å². The molecule has 0 aliphatic carbocycles. The van der Waals surface area contributed by atoms with E-state index in [-0.39, 0.29) is 17.6 Å². The molecular formula is C20H21ClN2O3S. The van der Waals surface area contributed by atoms with Crippen LogP contribution in [0.2, 0.25) is 5.02 Å². The van der Waals surface area contributed by atoms with Crippen LogP contribution in [-0.2, 0) is 16.0 Å². The summed E-state index contributed by atoms with van der Waals surface area (Å²) in [5.41, 5.74) is 1.57. The highest BCUT2D eigenvalue weighted by atomic mass is 35.5. The van der Waals surface area contributed by atoms with E-state index in [2.05, 4.69) is 6.58 Å². The molecule has 0 saturated carbocycles. The molecule has 142 valence electrons. The first-order valence-electron chi connectivity index (χ1n) is 8.74. The number of nitrogens with zero attached hydrogens (tertiary/aromatic N) is 2. The minimum atomic E-state index is -0.103. The number of carbonyl (C=O) groups excluding carboxylic acids is 2. The summed E-state index contributed by atoms with van der Waals surface area (Å²) in [6, 6.07) is 7.32.